The van der Waals surface area contributed by atoms with Crippen LogP contribution in [0.15, 0.2) is 30.6 Å². The lowest BCUT2D eigenvalue weighted by Gasteiger charge is -2.31. The number of hydrogen-bond acceptors (Lipinski definition) is 9. The van der Waals surface area contributed by atoms with Gasteiger partial charge >= 0.3 is 0 Å². The van der Waals surface area contributed by atoms with E-state index in [4.69, 9.17) is 16.3 Å². The third kappa shape index (κ3) is 9.21. The normalized spacial score (nSPS) is 19.7. The minimum absolute atomic E-state index is 0.107. The number of anilines is 1. The second-order valence-corrected chi connectivity index (χ2v) is 12.6. The van der Waals surface area contributed by atoms with Crippen LogP contribution in [-0.4, -0.2) is 99.4 Å². The van der Waals surface area contributed by atoms with E-state index in [2.05, 4.69) is 14.9 Å². The average molecular weight is 623 g/mol. The number of rotatable bonds is 15. The topological polar surface area (TPSA) is 139 Å². The van der Waals surface area contributed by atoms with E-state index in [1.165, 1.54) is 6.07 Å². The SMILES string of the molecule is O=C(Cc1ccc(OCCCC2CCN(c3ncc(Cl)cn3)CC2)cc1F)N1CCC(O)(CCCC(CO)(CO)CO)C1. The van der Waals surface area contributed by atoms with Crippen LogP contribution in [0.25, 0.3) is 0 Å². The van der Waals surface area contributed by atoms with Gasteiger partial charge in [-0.1, -0.05) is 17.7 Å². The first-order valence-electron chi connectivity index (χ1n) is 15.1. The smallest absolute Gasteiger partial charge is 0.227 e. The minimum Gasteiger partial charge on any atom is -0.493 e. The number of β-amino-alcohol motifs (C(OH)–C–C–N with tert-alkyl or cyclic N) is 1. The van der Waals surface area contributed by atoms with Crippen molar-refractivity contribution in [3.05, 3.63) is 47.0 Å². The molecule has 1 aromatic heterocycles. The third-order valence-electron chi connectivity index (χ3n) is 8.94. The highest BCUT2D eigenvalue weighted by Crippen LogP contribution is 2.31. The maximum atomic E-state index is 14.8. The Morgan fingerprint density at radius 3 is 2.44 bits per heavy atom. The van der Waals surface area contributed by atoms with E-state index in [1.807, 2.05) is 0 Å². The molecule has 0 spiro atoms. The molecule has 12 heteroatoms. The molecule has 0 bridgehead atoms. The van der Waals surface area contributed by atoms with E-state index in [-0.39, 0.29) is 44.3 Å². The molecule has 4 rings (SSSR count). The Hall–Kier alpha value is -2.57. The van der Waals surface area contributed by atoms with E-state index >= 15 is 0 Å². The number of carbonyl (C=O) groups excluding carboxylic acids is 1. The number of aliphatic hydroxyl groups excluding tert-OH is 3. The standard InChI is InChI=1S/C31H44ClFN4O6/c32-25-17-34-29(35-18-25)36-11-6-23(7-12-36)3-1-14-43-26-5-4-24(27(33)16-26)15-28(41)37-13-10-31(42,19-37)9-2-8-30(20-38,21-39)22-40/h4-5,16-18,23,38-40,42H,1-3,6-15,19-22H2. The second-order valence-electron chi connectivity index (χ2n) is 12.2. The quantitative estimate of drug-likeness (QED) is 0.221. The highest BCUT2D eigenvalue weighted by molar-refractivity contribution is 6.30. The fourth-order valence-corrected chi connectivity index (χ4v) is 6.04. The summed E-state index contributed by atoms with van der Waals surface area (Å²) in [5, 5.41) is 40.0. The van der Waals surface area contributed by atoms with Gasteiger partial charge in [0.05, 0.1) is 55.9 Å². The van der Waals surface area contributed by atoms with Gasteiger partial charge in [-0.05, 0) is 68.9 Å². The molecule has 2 aliphatic rings. The zero-order valence-corrected chi connectivity index (χ0v) is 25.4. The Morgan fingerprint density at radius 1 is 1.09 bits per heavy atom. The molecule has 1 amide bonds. The molecule has 2 aromatic rings. The zero-order valence-electron chi connectivity index (χ0n) is 24.6. The highest BCUT2D eigenvalue weighted by atomic mass is 35.5. The first kappa shape index (κ1) is 33.3. The van der Waals surface area contributed by atoms with Crippen LogP contribution in [0.5, 0.6) is 5.75 Å². The number of carbonyl (C=O) groups is 1. The van der Waals surface area contributed by atoms with Gasteiger partial charge in [-0.2, -0.15) is 0 Å². The predicted molar refractivity (Wildman–Crippen MR) is 161 cm³/mol. The summed E-state index contributed by atoms with van der Waals surface area (Å²) in [6, 6.07) is 4.59. The van der Waals surface area contributed by atoms with Crippen LogP contribution in [-0.2, 0) is 11.2 Å². The molecule has 1 aromatic carbocycles. The van der Waals surface area contributed by atoms with Gasteiger partial charge < -0.3 is 35.0 Å². The molecule has 0 radical (unpaired) electrons. The van der Waals surface area contributed by atoms with Crippen molar-refractivity contribution >= 4 is 23.5 Å². The molecular weight excluding hydrogens is 579 g/mol. The van der Waals surface area contributed by atoms with Crippen molar-refractivity contribution < 1.29 is 34.3 Å². The van der Waals surface area contributed by atoms with Crippen LogP contribution in [0.1, 0.15) is 56.9 Å². The molecule has 0 saturated carbocycles. The molecule has 10 nitrogen and oxygen atoms in total. The summed E-state index contributed by atoms with van der Waals surface area (Å²) in [5.74, 6) is 0.984. The van der Waals surface area contributed by atoms with Gasteiger partial charge in [0, 0.05) is 37.7 Å². The Morgan fingerprint density at radius 2 is 1.79 bits per heavy atom. The van der Waals surface area contributed by atoms with Gasteiger partial charge in [-0.3, -0.25) is 4.79 Å². The van der Waals surface area contributed by atoms with Crippen LogP contribution < -0.4 is 9.64 Å². The summed E-state index contributed by atoms with van der Waals surface area (Å²) in [4.78, 5) is 25.2. The summed E-state index contributed by atoms with van der Waals surface area (Å²) < 4.78 is 20.6. The summed E-state index contributed by atoms with van der Waals surface area (Å²) in [6.07, 6.45) is 8.72. The summed E-state index contributed by atoms with van der Waals surface area (Å²) in [6.45, 7) is 1.76. The Balaban J connectivity index is 1.15. The lowest BCUT2D eigenvalue weighted by atomic mass is 9.83. The lowest BCUT2D eigenvalue weighted by molar-refractivity contribution is -0.130. The Bertz CT molecular complexity index is 1170. The number of amides is 1. The number of aliphatic hydroxyl groups is 4. The molecular formula is C31H44ClFN4O6. The number of aromatic nitrogens is 2. The van der Waals surface area contributed by atoms with E-state index < -0.39 is 16.8 Å². The van der Waals surface area contributed by atoms with Gasteiger partial charge in [-0.15, -0.1) is 0 Å². The van der Waals surface area contributed by atoms with Gasteiger partial charge in [0.25, 0.3) is 0 Å². The monoisotopic (exact) mass is 622 g/mol. The fraction of sp³-hybridized carbons (Fsp3) is 0.645. The molecule has 238 valence electrons. The van der Waals surface area contributed by atoms with E-state index in [9.17, 15) is 29.6 Å². The van der Waals surface area contributed by atoms with Crippen molar-refractivity contribution in [2.24, 2.45) is 11.3 Å². The molecule has 43 heavy (non-hydrogen) atoms. The first-order chi connectivity index (χ1) is 20.7. The minimum atomic E-state index is -1.08. The number of piperidine rings is 1. The van der Waals surface area contributed by atoms with Crippen molar-refractivity contribution in [3.63, 3.8) is 0 Å². The third-order valence-corrected chi connectivity index (χ3v) is 9.13. The van der Waals surface area contributed by atoms with Gasteiger partial charge in [-0.25, -0.2) is 14.4 Å². The lowest BCUT2D eigenvalue weighted by Crippen LogP contribution is -2.38. The van der Waals surface area contributed by atoms with Crippen LogP contribution in [0.4, 0.5) is 10.3 Å². The average Bonchev–Trinajstić information content (AvgIpc) is 3.42. The predicted octanol–water partition coefficient (Wildman–Crippen LogP) is 2.98. The fourth-order valence-electron chi connectivity index (χ4n) is 5.94. The van der Waals surface area contributed by atoms with E-state index in [1.54, 1.807) is 29.4 Å². The Kier molecular flexibility index (Phi) is 12.0. The number of halogens is 2. The van der Waals surface area contributed by atoms with Crippen molar-refractivity contribution in [2.75, 3.05) is 57.5 Å². The molecule has 1 atom stereocenters. The highest BCUT2D eigenvalue weighted by Gasteiger charge is 2.38. The molecule has 2 aliphatic heterocycles. The maximum Gasteiger partial charge on any atom is 0.227 e. The largest absolute Gasteiger partial charge is 0.493 e. The van der Waals surface area contributed by atoms with E-state index in [0.29, 0.717) is 61.5 Å². The molecule has 1 unspecified atom stereocenters. The van der Waals surface area contributed by atoms with Crippen molar-refractivity contribution in [1.29, 1.82) is 0 Å². The second kappa shape index (κ2) is 15.4. The maximum absolute atomic E-state index is 14.8. The van der Waals surface area contributed by atoms with E-state index in [0.717, 1.165) is 38.8 Å². The number of likely N-dealkylation sites (tertiary alicyclic amines) is 1. The number of ether oxygens (including phenoxy) is 1. The molecule has 4 N–H and O–H groups in total. The van der Waals surface area contributed by atoms with Crippen LogP contribution >= 0.6 is 11.6 Å². The van der Waals surface area contributed by atoms with Crippen molar-refractivity contribution in [1.82, 2.24) is 14.9 Å². The summed E-state index contributed by atoms with van der Waals surface area (Å²) in [5.41, 5.74) is -1.78. The summed E-state index contributed by atoms with van der Waals surface area (Å²) in [7, 11) is 0. The molecule has 3 heterocycles. The van der Waals surface area contributed by atoms with Crippen molar-refractivity contribution in [2.45, 2.75) is 63.4 Å². The van der Waals surface area contributed by atoms with Crippen LogP contribution in [0, 0.1) is 17.2 Å². The molecule has 2 fully saturated rings. The van der Waals surface area contributed by atoms with Crippen LogP contribution in [0.2, 0.25) is 5.02 Å². The zero-order chi connectivity index (χ0) is 30.9. The Labute approximate surface area is 257 Å². The number of benzene rings is 1. The van der Waals surface area contributed by atoms with Crippen molar-refractivity contribution in [3.8, 4) is 5.75 Å². The number of hydrogen-bond donors (Lipinski definition) is 4. The summed E-state index contributed by atoms with van der Waals surface area (Å²) >= 11 is 5.88. The van der Waals surface area contributed by atoms with Gasteiger partial charge in [0.1, 0.15) is 11.6 Å². The van der Waals surface area contributed by atoms with Gasteiger partial charge in [0.15, 0.2) is 0 Å². The molecule has 0 aliphatic carbocycles. The molecule has 2 saturated heterocycles. The first-order valence-corrected chi connectivity index (χ1v) is 15.5. The number of nitrogens with zero attached hydrogens (tertiary/aromatic N) is 4. The van der Waals surface area contributed by atoms with Gasteiger partial charge in [0.2, 0.25) is 11.9 Å². The van der Waals surface area contributed by atoms with Crippen LogP contribution in [0.3, 0.4) is 0 Å².